The van der Waals surface area contributed by atoms with Gasteiger partial charge in [-0.15, -0.1) is 0 Å². The molecule has 2 aromatic carbocycles. The van der Waals surface area contributed by atoms with Gasteiger partial charge in [0.25, 0.3) is 0 Å². The van der Waals surface area contributed by atoms with Gasteiger partial charge in [-0.05, 0) is 30.7 Å². The topological polar surface area (TPSA) is 126 Å². The summed E-state index contributed by atoms with van der Waals surface area (Å²) < 4.78 is 4.69. The molecule has 2 aromatic rings. The lowest BCUT2D eigenvalue weighted by Gasteiger charge is -2.05. The third kappa shape index (κ3) is 6.18. The first-order valence-electron chi connectivity index (χ1n) is 6.98. The standard InChI is InChI=1S/C9H8O4.C8H11N3/c1-6(10)13-8-5-3-2-4-7(8)9(11)12;1-6-4-2-3-5-7(6)11-8(9)10/h2-5H,1H3,(H,11,12);2-5H,1H3,(H4,9,10,11). The Bertz CT molecular complexity index is 744. The minimum atomic E-state index is -1.11. The Morgan fingerprint density at radius 3 is 2.25 bits per heavy atom. The summed E-state index contributed by atoms with van der Waals surface area (Å²) in [6.07, 6.45) is 0. The zero-order valence-corrected chi connectivity index (χ0v) is 13.4. The fraction of sp³-hybridized carbons (Fsp3) is 0.118. The first-order chi connectivity index (χ1) is 11.3. The van der Waals surface area contributed by atoms with E-state index in [2.05, 4.69) is 10.1 Å². The second-order valence-electron chi connectivity index (χ2n) is 4.75. The Morgan fingerprint density at radius 2 is 1.71 bits per heavy atom. The van der Waals surface area contributed by atoms with Crippen molar-refractivity contribution in [3.05, 3.63) is 59.7 Å². The predicted molar refractivity (Wildman–Crippen MR) is 91.4 cm³/mol. The summed E-state index contributed by atoms with van der Waals surface area (Å²) in [6.45, 7) is 3.18. The fourth-order valence-electron chi connectivity index (χ4n) is 1.75. The van der Waals surface area contributed by atoms with Crippen molar-refractivity contribution in [1.82, 2.24) is 0 Å². The molecule has 0 fully saturated rings. The highest BCUT2D eigenvalue weighted by Crippen LogP contribution is 2.17. The number of rotatable bonds is 3. The Balaban J connectivity index is 0.000000243. The van der Waals surface area contributed by atoms with E-state index in [0.717, 1.165) is 11.3 Å². The van der Waals surface area contributed by atoms with Crippen LogP contribution in [0.25, 0.3) is 0 Å². The van der Waals surface area contributed by atoms with Gasteiger partial charge in [0.1, 0.15) is 11.3 Å². The predicted octanol–water partition coefficient (Wildman–Crippen LogP) is 2.61. The number of nitrogens with two attached hydrogens (primary N) is 1. The largest absolute Gasteiger partial charge is 0.478 e. The zero-order valence-electron chi connectivity index (χ0n) is 13.4. The molecule has 0 spiro atoms. The molecule has 0 aromatic heterocycles. The first-order valence-corrected chi connectivity index (χ1v) is 6.98. The number of carboxylic acid groups (broad SMARTS) is 1. The van der Waals surface area contributed by atoms with Gasteiger partial charge in [0.15, 0.2) is 5.96 Å². The number of carbonyl (C=O) groups is 2. The molecule has 7 nitrogen and oxygen atoms in total. The number of anilines is 1. The molecule has 0 saturated heterocycles. The van der Waals surface area contributed by atoms with E-state index in [0.29, 0.717) is 0 Å². The maximum absolute atomic E-state index is 10.6. The van der Waals surface area contributed by atoms with Crippen molar-refractivity contribution in [2.75, 3.05) is 5.32 Å². The van der Waals surface area contributed by atoms with Crippen molar-refractivity contribution in [2.45, 2.75) is 13.8 Å². The summed E-state index contributed by atoms with van der Waals surface area (Å²) in [5.41, 5.74) is 7.12. The lowest BCUT2D eigenvalue weighted by atomic mass is 10.2. The van der Waals surface area contributed by atoms with Gasteiger partial charge in [-0.25, -0.2) is 4.79 Å². The Hall–Kier alpha value is -3.35. The SMILES string of the molecule is CC(=O)Oc1ccccc1C(=O)O.Cc1ccccc1NC(=N)N. The number of aromatic carboxylic acids is 1. The maximum Gasteiger partial charge on any atom is 0.339 e. The monoisotopic (exact) mass is 329 g/mol. The highest BCUT2D eigenvalue weighted by atomic mass is 16.5. The zero-order chi connectivity index (χ0) is 18.1. The summed E-state index contributed by atoms with van der Waals surface area (Å²) in [4.78, 5) is 21.2. The molecule has 0 amide bonds. The van der Waals surface area contributed by atoms with E-state index in [9.17, 15) is 9.59 Å². The van der Waals surface area contributed by atoms with E-state index in [1.807, 2.05) is 31.2 Å². The van der Waals surface area contributed by atoms with Crippen LogP contribution in [0.2, 0.25) is 0 Å². The third-order valence-electron chi connectivity index (χ3n) is 2.79. The minimum absolute atomic E-state index is 0.0160. The molecule has 0 atom stereocenters. The van der Waals surface area contributed by atoms with Crippen molar-refractivity contribution in [3.8, 4) is 5.75 Å². The molecule has 0 unspecified atom stereocenters. The van der Waals surface area contributed by atoms with Gasteiger partial charge in [0.2, 0.25) is 0 Å². The minimum Gasteiger partial charge on any atom is -0.478 e. The van der Waals surface area contributed by atoms with E-state index in [1.54, 1.807) is 12.1 Å². The average Bonchev–Trinajstić information content (AvgIpc) is 2.49. The Morgan fingerprint density at radius 1 is 1.12 bits per heavy atom. The number of carboxylic acids is 1. The van der Waals surface area contributed by atoms with Crippen LogP contribution in [0, 0.1) is 12.3 Å². The second-order valence-corrected chi connectivity index (χ2v) is 4.75. The molecule has 0 aliphatic heterocycles. The number of esters is 1. The normalized spacial score (nSPS) is 9.25. The van der Waals surface area contributed by atoms with Crippen molar-refractivity contribution in [2.24, 2.45) is 5.73 Å². The van der Waals surface area contributed by atoms with E-state index in [-0.39, 0.29) is 17.3 Å². The quantitative estimate of drug-likeness (QED) is 0.297. The highest BCUT2D eigenvalue weighted by molar-refractivity contribution is 5.92. The fourth-order valence-corrected chi connectivity index (χ4v) is 1.75. The molecular weight excluding hydrogens is 310 g/mol. The third-order valence-corrected chi connectivity index (χ3v) is 2.79. The van der Waals surface area contributed by atoms with Gasteiger partial charge in [-0.3, -0.25) is 10.2 Å². The van der Waals surface area contributed by atoms with E-state index >= 15 is 0 Å². The summed E-state index contributed by atoms with van der Waals surface area (Å²) in [5, 5.41) is 18.4. The van der Waals surface area contributed by atoms with Crippen LogP contribution in [0.1, 0.15) is 22.8 Å². The van der Waals surface area contributed by atoms with Crippen molar-refractivity contribution in [3.63, 3.8) is 0 Å². The molecule has 0 bridgehead atoms. The van der Waals surface area contributed by atoms with Crippen LogP contribution in [0.3, 0.4) is 0 Å². The molecule has 0 aliphatic rings. The van der Waals surface area contributed by atoms with Crippen LogP contribution in [0.4, 0.5) is 5.69 Å². The Kier molecular flexibility index (Phi) is 6.97. The van der Waals surface area contributed by atoms with Crippen LogP contribution in [0.15, 0.2) is 48.5 Å². The lowest BCUT2D eigenvalue weighted by Crippen LogP contribution is -2.20. The van der Waals surface area contributed by atoms with Crippen LogP contribution in [-0.4, -0.2) is 23.0 Å². The number of guanidine groups is 1. The molecule has 7 heteroatoms. The van der Waals surface area contributed by atoms with Crippen molar-refractivity contribution < 1.29 is 19.4 Å². The van der Waals surface area contributed by atoms with Gasteiger partial charge in [0.05, 0.1) is 0 Å². The molecule has 0 aliphatic carbocycles. The van der Waals surface area contributed by atoms with Gasteiger partial charge < -0.3 is 20.9 Å². The number of nitrogens with one attached hydrogen (secondary N) is 2. The Labute approximate surface area is 139 Å². The number of hydrogen-bond donors (Lipinski definition) is 4. The molecule has 126 valence electrons. The molecule has 0 heterocycles. The smallest absolute Gasteiger partial charge is 0.339 e. The van der Waals surface area contributed by atoms with Crippen LogP contribution >= 0.6 is 0 Å². The van der Waals surface area contributed by atoms with Gasteiger partial charge >= 0.3 is 11.9 Å². The van der Waals surface area contributed by atoms with E-state index in [4.69, 9.17) is 16.2 Å². The van der Waals surface area contributed by atoms with Crippen molar-refractivity contribution in [1.29, 1.82) is 5.41 Å². The van der Waals surface area contributed by atoms with E-state index in [1.165, 1.54) is 19.1 Å². The number of ether oxygens (including phenoxy) is 1. The number of para-hydroxylation sites is 2. The van der Waals surface area contributed by atoms with Crippen LogP contribution in [-0.2, 0) is 4.79 Å². The van der Waals surface area contributed by atoms with Crippen LogP contribution in [0.5, 0.6) is 5.75 Å². The van der Waals surface area contributed by atoms with Gasteiger partial charge in [-0.1, -0.05) is 30.3 Å². The van der Waals surface area contributed by atoms with E-state index < -0.39 is 11.9 Å². The summed E-state index contributed by atoms with van der Waals surface area (Å²) in [5.74, 6) is -1.60. The summed E-state index contributed by atoms with van der Waals surface area (Å²) >= 11 is 0. The first kappa shape index (κ1) is 18.7. The average molecular weight is 329 g/mol. The number of carbonyl (C=O) groups excluding carboxylic acids is 1. The van der Waals surface area contributed by atoms with Gasteiger partial charge in [0, 0.05) is 12.6 Å². The summed E-state index contributed by atoms with van der Waals surface area (Å²) in [7, 11) is 0. The maximum atomic E-state index is 10.6. The molecule has 24 heavy (non-hydrogen) atoms. The molecular formula is C17H19N3O4. The van der Waals surface area contributed by atoms with Crippen molar-refractivity contribution >= 4 is 23.6 Å². The molecule has 2 rings (SSSR count). The molecule has 5 N–H and O–H groups in total. The molecule has 0 saturated carbocycles. The van der Waals surface area contributed by atoms with Crippen LogP contribution < -0.4 is 15.8 Å². The number of hydrogen-bond acceptors (Lipinski definition) is 4. The lowest BCUT2D eigenvalue weighted by molar-refractivity contribution is -0.131. The summed E-state index contributed by atoms with van der Waals surface area (Å²) in [6, 6.07) is 13.7. The highest BCUT2D eigenvalue weighted by Gasteiger charge is 2.10. The second kappa shape index (κ2) is 8.94. The van der Waals surface area contributed by atoms with Gasteiger partial charge in [-0.2, -0.15) is 0 Å². The molecule has 0 radical (unpaired) electrons. The number of benzene rings is 2. The number of aryl methyl sites for hydroxylation is 1.